The third-order valence-electron chi connectivity index (χ3n) is 2.80. The lowest BCUT2D eigenvalue weighted by Crippen LogP contribution is -2.35. The topological polar surface area (TPSA) is 32.3 Å². The van der Waals surface area contributed by atoms with Gasteiger partial charge in [0.05, 0.1) is 11.2 Å². The SMILES string of the molecule is CC(C)CC(C)(O)CNc1ccc(C(F)(F)F)cc1Br. The Bertz CT molecular complexity index is 458. The van der Waals surface area contributed by atoms with Gasteiger partial charge in [-0.2, -0.15) is 13.2 Å². The van der Waals surface area contributed by atoms with Crippen LogP contribution < -0.4 is 5.32 Å². The van der Waals surface area contributed by atoms with E-state index in [0.717, 1.165) is 12.1 Å². The molecule has 0 aliphatic rings. The summed E-state index contributed by atoms with van der Waals surface area (Å²) in [5.74, 6) is 0.336. The molecule has 2 N–H and O–H groups in total. The molecule has 6 heteroatoms. The Hall–Kier alpha value is -0.750. The van der Waals surface area contributed by atoms with E-state index in [4.69, 9.17) is 0 Å². The largest absolute Gasteiger partial charge is 0.416 e. The van der Waals surface area contributed by atoms with Crippen molar-refractivity contribution in [1.82, 2.24) is 0 Å². The maximum absolute atomic E-state index is 12.5. The van der Waals surface area contributed by atoms with Crippen LogP contribution in [0.3, 0.4) is 0 Å². The molecule has 20 heavy (non-hydrogen) atoms. The fourth-order valence-corrected chi connectivity index (χ4v) is 2.59. The van der Waals surface area contributed by atoms with Crippen molar-refractivity contribution in [3.05, 3.63) is 28.2 Å². The predicted molar refractivity (Wildman–Crippen MR) is 77.7 cm³/mol. The fraction of sp³-hybridized carbons (Fsp3) is 0.571. The lowest BCUT2D eigenvalue weighted by molar-refractivity contribution is -0.137. The van der Waals surface area contributed by atoms with Gasteiger partial charge in [0.1, 0.15) is 0 Å². The van der Waals surface area contributed by atoms with Crippen LogP contribution in [-0.4, -0.2) is 17.3 Å². The Kier molecular flexibility index (Phi) is 5.49. The number of alkyl halides is 3. The van der Waals surface area contributed by atoms with Crippen molar-refractivity contribution in [2.24, 2.45) is 5.92 Å². The van der Waals surface area contributed by atoms with Crippen molar-refractivity contribution in [3.63, 3.8) is 0 Å². The van der Waals surface area contributed by atoms with Crippen molar-refractivity contribution in [2.75, 3.05) is 11.9 Å². The molecule has 1 aromatic carbocycles. The van der Waals surface area contributed by atoms with E-state index in [2.05, 4.69) is 21.2 Å². The molecular weight excluding hydrogens is 335 g/mol. The molecule has 0 saturated heterocycles. The van der Waals surface area contributed by atoms with E-state index < -0.39 is 17.3 Å². The quantitative estimate of drug-likeness (QED) is 0.805. The maximum atomic E-state index is 12.5. The zero-order valence-corrected chi connectivity index (χ0v) is 13.3. The van der Waals surface area contributed by atoms with Gasteiger partial charge in [0.2, 0.25) is 0 Å². The van der Waals surface area contributed by atoms with Gasteiger partial charge in [0.25, 0.3) is 0 Å². The maximum Gasteiger partial charge on any atom is 0.416 e. The van der Waals surface area contributed by atoms with Gasteiger partial charge in [-0.25, -0.2) is 0 Å². The van der Waals surface area contributed by atoms with Crippen LogP contribution in [0.15, 0.2) is 22.7 Å². The number of hydrogen-bond donors (Lipinski definition) is 2. The standard InChI is InChI=1S/C14H19BrF3NO/c1-9(2)7-13(3,20)8-19-12-5-4-10(6-11(12)15)14(16,17)18/h4-6,9,19-20H,7-8H2,1-3H3. The highest BCUT2D eigenvalue weighted by Crippen LogP contribution is 2.34. The molecule has 0 aliphatic carbocycles. The van der Waals surface area contributed by atoms with E-state index in [0.29, 0.717) is 22.5 Å². The van der Waals surface area contributed by atoms with E-state index >= 15 is 0 Å². The summed E-state index contributed by atoms with van der Waals surface area (Å²) in [5.41, 5.74) is -1.08. The van der Waals surface area contributed by atoms with Crippen LogP contribution in [0.5, 0.6) is 0 Å². The normalized spacial score (nSPS) is 15.2. The average molecular weight is 354 g/mol. The first-order valence-corrected chi connectivity index (χ1v) is 7.13. The molecule has 0 heterocycles. The Morgan fingerprint density at radius 2 is 1.90 bits per heavy atom. The zero-order valence-electron chi connectivity index (χ0n) is 11.7. The van der Waals surface area contributed by atoms with Crippen LogP contribution in [0.4, 0.5) is 18.9 Å². The first-order chi connectivity index (χ1) is 9.01. The summed E-state index contributed by atoms with van der Waals surface area (Å²) in [6, 6.07) is 3.40. The monoisotopic (exact) mass is 353 g/mol. The smallest absolute Gasteiger partial charge is 0.388 e. The molecule has 0 bridgehead atoms. The lowest BCUT2D eigenvalue weighted by atomic mass is 9.94. The number of anilines is 1. The molecule has 0 spiro atoms. The summed E-state index contributed by atoms with van der Waals surface area (Å²) < 4.78 is 37.9. The van der Waals surface area contributed by atoms with Gasteiger partial charge in [-0.15, -0.1) is 0 Å². The molecule has 0 amide bonds. The van der Waals surface area contributed by atoms with E-state index in [9.17, 15) is 18.3 Å². The molecule has 0 aromatic heterocycles. The molecular formula is C14H19BrF3NO. The first kappa shape index (κ1) is 17.3. The van der Waals surface area contributed by atoms with E-state index in [-0.39, 0.29) is 6.54 Å². The van der Waals surface area contributed by atoms with Gasteiger partial charge in [-0.3, -0.25) is 0 Å². The molecule has 1 rings (SSSR count). The molecule has 0 aliphatic heterocycles. The molecule has 1 unspecified atom stereocenters. The minimum Gasteiger partial charge on any atom is -0.388 e. The van der Waals surface area contributed by atoms with Crippen LogP contribution in [-0.2, 0) is 6.18 Å². The van der Waals surface area contributed by atoms with Gasteiger partial charge in [0.15, 0.2) is 0 Å². The summed E-state index contributed by atoms with van der Waals surface area (Å²) in [6.07, 6.45) is -3.75. The summed E-state index contributed by atoms with van der Waals surface area (Å²) in [5, 5.41) is 13.1. The number of nitrogens with one attached hydrogen (secondary N) is 1. The van der Waals surface area contributed by atoms with Crippen LogP contribution in [0.1, 0.15) is 32.8 Å². The molecule has 114 valence electrons. The third-order valence-corrected chi connectivity index (χ3v) is 3.46. The predicted octanol–water partition coefficient (Wildman–Crippen LogP) is 4.68. The Morgan fingerprint density at radius 3 is 2.35 bits per heavy atom. The van der Waals surface area contributed by atoms with Crippen LogP contribution in [0.25, 0.3) is 0 Å². The number of aliphatic hydroxyl groups is 1. The van der Waals surface area contributed by atoms with Crippen LogP contribution in [0, 0.1) is 5.92 Å². The van der Waals surface area contributed by atoms with Gasteiger partial charge in [-0.1, -0.05) is 13.8 Å². The third kappa shape index (κ3) is 5.32. The molecule has 0 fully saturated rings. The Labute approximate surface area is 125 Å². The molecule has 0 saturated carbocycles. The number of rotatable bonds is 5. The van der Waals surface area contributed by atoms with Crippen LogP contribution >= 0.6 is 15.9 Å². The average Bonchev–Trinajstić information content (AvgIpc) is 2.24. The highest BCUT2D eigenvalue weighted by Gasteiger charge is 2.31. The van der Waals surface area contributed by atoms with Gasteiger partial charge < -0.3 is 10.4 Å². The molecule has 2 nitrogen and oxygen atoms in total. The minimum atomic E-state index is -4.36. The van der Waals surface area contributed by atoms with Crippen LogP contribution in [0.2, 0.25) is 0 Å². The first-order valence-electron chi connectivity index (χ1n) is 6.34. The van der Waals surface area contributed by atoms with Crippen molar-refractivity contribution >= 4 is 21.6 Å². The molecule has 0 radical (unpaired) electrons. The van der Waals surface area contributed by atoms with E-state index in [1.54, 1.807) is 6.92 Å². The molecule has 1 aromatic rings. The van der Waals surface area contributed by atoms with Crippen molar-refractivity contribution < 1.29 is 18.3 Å². The Balaban J connectivity index is 2.75. The number of halogens is 4. The summed E-state index contributed by atoms with van der Waals surface area (Å²) >= 11 is 3.11. The Morgan fingerprint density at radius 1 is 1.30 bits per heavy atom. The summed E-state index contributed by atoms with van der Waals surface area (Å²) in [7, 11) is 0. The second-order valence-electron chi connectivity index (χ2n) is 5.64. The lowest BCUT2D eigenvalue weighted by Gasteiger charge is -2.26. The van der Waals surface area contributed by atoms with Crippen molar-refractivity contribution in [2.45, 2.75) is 39.0 Å². The van der Waals surface area contributed by atoms with Crippen molar-refractivity contribution in [3.8, 4) is 0 Å². The zero-order chi connectivity index (χ0) is 15.6. The molecule has 1 atom stereocenters. The highest BCUT2D eigenvalue weighted by molar-refractivity contribution is 9.10. The van der Waals surface area contributed by atoms with E-state index in [1.807, 2.05) is 13.8 Å². The second kappa shape index (κ2) is 6.35. The van der Waals surface area contributed by atoms with Gasteiger partial charge in [0, 0.05) is 16.7 Å². The fourth-order valence-electron chi connectivity index (χ4n) is 2.07. The number of hydrogen-bond acceptors (Lipinski definition) is 2. The minimum absolute atomic E-state index is 0.273. The van der Waals surface area contributed by atoms with Crippen molar-refractivity contribution in [1.29, 1.82) is 0 Å². The summed E-state index contributed by atoms with van der Waals surface area (Å²) in [6.45, 7) is 5.98. The highest BCUT2D eigenvalue weighted by atomic mass is 79.9. The van der Waals surface area contributed by atoms with Gasteiger partial charge in [-0.05, 0) is 53.4 Å². The second-order valence-corrected chi connectivity index (χ2v) is 6.50. The van der Waals surface area contributed by atoms with E-state index in [1.165, 1.54) is 6.07 Å². The van der Waals surface area contributed by atoms with Gasteiger partial charge >= 0.3 is 6.18 Å². The summed E-state index contributed by atoms with van der Waals surface area (Å²) in [4.78, 5) is 0. The number of benzene rings is 1.